The predicted molar refractivity (Wildman–Crippen MR) is 68.4 cm³/mol. The Labute approximate surface area is 106 Å². The molecule has 0 bridgehead atoms. The van der Waals surface area contributed by atoms with E-state index in [0.717, 1.165) is 25.0 Å². The molecule has 1 aliphatic heterocycles. The molecular formula is C13H16N4O. The zero-order valence-corrected chi connectivity index (χ0v) is 10.3. The molecule has 5 heteroatoms. The third-order valence-corrected chi connectivity index (χ3v) is 3.33. The van der Waals surface area contributed by atoms with Crippen LogP contribution < -0.4 is 10.1 Å². The van der Waals surface area contributed by atoms with Crippen LogP contribution in [0.4, 0.5) is 0 Å². The van der Waals surface area contributed by atoms with Crippen LogP contribution in [0, 0.1) is 5.92 Å². The van der Waals surface area contributed by atoms with Crippen LogP contribution in [0.5, 0.6) is 5.88 Å². The maximum absolute atomic E-state index is 5.93. The van der Waals surface area contributed by atoms with Gasteiger partial charge in [-0.05, 0) is 24.9 Å². The summed E-state index contributed by atoms with van der Waals surface area (Å²) in [4.78, 5) is 12.8. The van der Waals surface area contributed by atoms with Gasteiger partial charge in [0.1, 0.15) is 11.6 Å². The summed E-state index contributed by atoms with van der Waals surface area (Å²) in [6, 6.07) is 3.75. The first kappa shape index (κ1) is 11.3. The molecule has 0 saturated carbocycles. The normalized spacial score (nSPS) is 24.1. The number of piperidine rings is 1. The van der Waals surface area contributed by atoms with Gasteiger partial charge in [-0.2, -0.15) is 4.98 Å². The lowest BCUT2D eigenvalue weighted by Gasteiger charge is -2.29. The molecule has 1 aliphatic rings. The van der Waals surface area contributed by atoms with Crippen molar-refractivity contribution < 1.29 is 4.74 Å². The van der Waals surface area contributed by atoms with E-state index in [9.17, 15) is 0 Å². The maximum Gasteiger partial charge on any atom is 0.215 e. The van der Waals surface area contributed by atoms with Gasteiger partial charge in [0.05, 0.1) is 0 Å². The lowest BCUT2D eigenvalue weighted by molar-refractivity contribution is 0.110. The minimum absolute atomic E-state index is 0.181. The fourth-order valence-electron chi connectivity index (χ4n) is 2.18. The number of aromatic nitrogens is 3. The Hall–Kier alpha value is -1.75. The molecule has 2 atom stereocenters. The number of hydrogen-bond acceptors (Lipinski definition) is 5. The quantitative estimate of drug-likeness (QED) is 0.865. The second-order valence-electron chi connectivity index (χ2n) is 4.67. The Balaban J connectivity index is 1.81. The van der Waals surface area contributed by atoms with Gasteiger partial charge in [0.15, 0.2) is 5.65 Å². The van der Waals surface area contributed by atoms with E-state index in [1.54, 1.807) is 12.4 Å². The Bertz CT molecular complexity index is 545. The van der Waals surface area contributed by atoms with E-state index >= 15 is 0 Å². The number of rotatable bonds is 2. The summed E-state index contributed by atoms with van der Waals surface area (Å²) in [6.07, 6.45) is 4.62. The van der Waals surface area contributed by atoms with Gasteiger partial charge in [0.2, 0.25) is 5.88 Å². The number of pyridine rings is 1. The molecule has 0 aromatic carbocycles. The molecule has 0 spiro atoms. The van der Waals surface area contributed by atoms with Crippen molar-refractivity contribution in [3.63, 3.8) is 0 Å². The number of hydrogen-bond donors (Lipinski definition) is 1. The summed E-state index contributed by atoms with van der Waals surface area (Å²) in [7, 11) is 0. The average Bonchev–Trinajstić information content (AvgIpc) is 2.41. The van der Waals surface area contributed by atoms with E-state index in [-0.39, 0.29) is 6.10 Å². The van der Waals surface area contributed by atoms with Gasteiger partial charge in [-0.25, -0.2) is 4.98 Å². The molecule has 1 N–H and O–H groups in total. The summed E-state index contributed by atoms with van der Waals surface area (Å²) in [5.74, 6) is 1.18. The first-order valence-corrected chi connectivity index (χ1v) is 6.28. The van der Waals surface area contributed by atoms with Crippen molar-refractivity contribution >= 4 is 11.2 Å². The number of ether oxygens (including phenoxy) is 1. The summed E-state index contributed by atoms with van der Waals surface area (Å²) < 4.78 is 5.93. The van der Waals surface area contributed by atoms with Crippen LogP contribution in [0.25, 0.3) is 11.2 Å². The van der Waals surface area contributed by atoms with Gasteiger partial charge in [-0.1, -0.05) is 6.92 Å². The standard InChI is InChI=1S/C13H16N4O/c1-9-4-5-14-8-11(9)18-12-3-2-10-13(17-12)16-7-6-15-10/h2-3,6-7,9,11,14H,4-5,8H2,1H3. The van der Waals surface area contributed by atoms with E-state index in [2.05, 4.69) is 27.2 Å². The van der Waals surface area contributed by atoms with Gasteiger partial charge in [-0.15, -0.1) is 0 Å². The molecule has 1 fully saturated rings. The topological polar surface area (TPSA) is 59.9 Å². The van der Waals surface area contributed by atoms with Crippen LogP contribution in [0.1, 0.15) is 13.3 Å². The van der Waals surface area contributed by atoms with E-state index in [0.29, 0.717) is 17.4 Å². The molecule has 2 aromatic heterocycles. The molecule has 0 amide bonds. The van der Waals surface area contributed by atoms with Gasteiger partial charge in [0, 0.05) is 25.0 Å². The van der Waals surface area contributed by atoms with Crippen molar-refractivity contribution in [2.24, 2.45) is 5.92 Å². The third kappa shape index (κ3) is 2.26. The van der Waals surface area contributed by atoms with Gasteiger partial charge in [0.25, 0.3) is 0 Å². The number of nitrogens with zero attached hydrogens (tertiary/aromatic N) is 3. The Morgan fingerprint density at radius 1 is 1.28 bits per heavy atom. The molecule has 0 aliphatic carbocycles. The SMILES string of the molecule is CC1CCNCC1Oc1ccc2nccnc2n1. The van der Waals surface area contributed by atoms with E-state index in [1.165, 1.54) is 0 Å². The first-order chi connectivity index (χ1) is 8.83. The highest BCUT2D eigenvalue weighted by Gasteiger charge is 2.23. The molecule has 2 aromatic rings. The Morgan fingerprint density at radius 3 is 3.06 bits per heavy atom. The van der Waals surface area contributed by atoms with Gasteiger partial charge in [-0.3, -0.25) is 4.98 Å². The van der Waals surface area contributed by atoms with Crippen molar-refractivity contribution in [2.75, 3.05) is 13.1 Å². The smallest absolute Gasteiger partial charge is 0.215 e. The molecule has 3 rings (SSSR count). The zero-order chi connectivity index (χ0) is 12.4. The minimum Gasteiger partial charge on any atom is -0.473 e. The maximum atomic E-state index is 5.93. The lowest BCUT2D eigenvalue weighted by Crippen LogP contribution is -2.42. The van der Waals surface area contributed by atoms with E-state index < -0.39 is 0 Å². The fourth-order valence-corrected chi connectivity index (χ4v) is 2.18. The highest BCUT2D eigenvalue weighted by molar-refractivity contribution is 5.69. The highest BCUT2D eigenvalue weighted by Crippen LogP contribution is 2.19. The largest absolute Gasteiger partial charge is 0.473 e. The second-order valence-corrected chi connectivity index (χ2v) is 4.67. The van der Waals surface area contributed by atoms with Crippen LogP contribution in [-0.4, -0.2) is 34.1 Å². The first-order valence-electron chi connectivity index (χ1n) is 6.28. The van der Waals surface area contributed by atoms with Crippen LogP contribution in [-0.2, 0) is 0 Å². The highest BCUT2D eigenvalue weighted by atomic mass is 16.5. The number of nitrogens with one attached hydrogen (secondary N) is 1. The molecule has 2 unspecified atom stereocenters. The molecule has 1 saturated heterocycles. The van der Waals surface area contributed by atoms with Crippen molar-refractivity contribution in [3.8, 4) is 5.88 Å². The summed E-state index contributed by atoms with van der Waals surface area (Å²) in [5.41, 5.74) is 1.42. The van der Waals surface area contributed by atoms with E-state index in [4.69, 9.17) is 4.74 Å². The second kappa shape index (κ2) is 4.86. The lowest BCUT2D eigenvalue weighted by atomic mass is 9.97. The van der Waals surface area contributed by atoms with Crippen molar-refractivity contribution in [3.05, 3.63) is 24.5 Å². The molecular weight excluding hydrogens is 228 g/mol. The molecule has 0 radical (unpaired) electrons. The van der Waals surface area contributed by atoms with Gasteiger partial charge < -0.3 is 10.1 Å². The summed E-state index contributed by atoms with van der Waals surface area (Å²) in [6.45, 7) is 4.16. The monoisotopic (exact) mass is 244 g/mol. The average molecular weight is 244 g/mol. The van der Waals surface area contributed by atoms with Crippen LogP contribution in [0.2, 0.25) is 0 Å². The predicted octanol–water partition coefficient (Wildman–Crippen LogP) is 1.40. The summed E-state index contributed by atoms with van der Waals surface area (Å²) in [5, 5.41) is 3.34. The van der Waals surface area contributed by atoms with Crippen LogP contribution in [0.15, 0.2) is 24.5 Å². The van der Waals surface area contributed by atoms with Gasteiger partial charge >= 0.3 is 0 Å². The molecule has 18 heavy (non-hydrogen) atoms. The summed E-state index contributed by atoms with van der Waals surface area (Å²) >= 11 is 0. The molecule has 94 valence electrons. The van der Waals surface area contributed by atoms with Crippen molar-refractivity contribution in [1.29, 1.82) is 0 Å². The van der Waals surface area contributed by atoms with Crippen molar-refractivity contribution in [1.82, 2.24) is 20.3 Å². The third-order valence-electron chi connectivity index (χ3n) is 3.33. The Kier molecular flexibility index (Phi) is 3.06. The minimum atomic E-state index is 0.181. The molecule has 3 heterocycles. The van der Waals surface area contributed by atoms with E-state index in [1.807, 2.05) is 12.1 Å². The zero-order valence-electron chi connectivity index (χ0n) is 10.3. The molecule has 5 nitrogen and oxygen atoms in total. The number of fused-ring (bicyclic) bond motifs is 1. The van der Waals surface area contributed by atoms with Crippen molar-refractivity contribution in [2.45, 2.75) is 19.4 Å². The fraction of sp³-hybridized carbons (Fsp3) is 0.462. The van der Waals surface area contributed by atoms with Crippen LogP contribution in [0.3, 0.4) is 0 Å². The van der Waals surface area contributed by atoms with Crippen LogP contribution >= 0.6 is 0 Å². The Morgan fingerprint density at radius 2 is 2.17 bits per heavy atom.